The van der Waals surface area contributed by atoms with Crippen molar-refractivity contribution in [1.82, 2.24) is 9.80 Å². The number of nitrogens with zero attached hydrogens (tertiary/aromatic N) is 2. The molecule has 0 aromatic heterocycles. The maximum Gasteiger partial charge on any atom is 0.229 e. The van der Waals surface area contributed by atoms with E-state index in [1.165, 1.54) is 0 Å². The van der Waals surface area contributed by atoms with Gasteiger partial charge in [0.25, 0.3) is 0 Å². The predicted molar refractivity (Wildman–Crippen MR) is 79.9 cm³/mol. The lowest BCUT2D eigenvalue weighted by atomic mass is 9.83. The van der Waals surface area contributed by atoms with Crippen molar-refractivity contribution in [2.75, 3.05) is 52.5 Å². The number of hydrogen-bond acceptors (Lipinski definition) is 4. The zero-order chi connectivity index (χ0) is 14.9. The van der Waals surface area contributed by atoms with E-state index < -0.39 is 0 Å². The van der Waals surface area contributed by atoms with E-state index >= 15 is 0 Å². The fourth-order valence-corrected chi connectivity index (χ4v) is 4.47. The largest absolute Gasteiger partial charge is 0.396 e. The van der Waals surface area contributed by atoms with Gasteiger partial charge in [-0.25, -0.2) is 0 Å². The molecule has 1 N–H and O–H groups in total. The third-order valence-corrected chi connectivity index (χ3v) is 6.03. The second-order valence-corrected chi connectivity index (χ2v) is 6.85. The number of amides is 1. The van der Waals surface area contributed by atoms with Crippen LogP contribution in [0.2, 0.25) is 0 Å². The number of ether oxygens (including phenoxy) is 1. The van der Waals surface area contributed by atoms with Crippen molar-refractivity contribution in [3.05, 3.63) is 0 Å². The van der Waals surface area contributed by atoms with Crippen molar-refractivity contribution in [1.29, 1.82) is 0 Å². The molecule has 0 aromatic rings. The molecule has 1 aliphatic carbocycles. The molecule has 2 heterocycles. The van der Waals surface area contributed by atoms with E-state index in [9.17, 15) is 9.90 Å². The second-order valence-electron chi connectivity index (χ2n) is 6.85. The minimum atomic E-state index is -0.292. The van der Waals surface area contributed by atoms with Gasteiger partial charge in [-0.05, 0) is 37.6 Å². The van der Waals surface area contributed by atoms with E-state index in [2.05, 4.69) is 11.8 Å². The van der Waals surface area contributed by atoms with Gasteiger partial charge in [0.1, 0.15) is 0 Å². The number of carbonyl (C=O) groups excluding carboxylic acids is 1. The zero-order valence-electron chi connectivity index (χ0n) is 13.1. The van der Waals surface area contributed by atoms with E-state index in [0.717, 1.165) is 65.2 Å². The maximum atomic E-state index is 13.1. The van der Waals surface area contributed by atoms with Crippen molar-refractivity contribution >= 4 is 5.91 Å². The van der Waals surface area contributed by atoms with Crippen LogP contribution < -0.4 is 0 Å². The molecule has 2 saturated heterocycles. The minimum Gasteiger partial charge on any atom is -0.396 e. The van der Waals surface area contributed by atoms with E-state index in [1.807, 2.05) is 4.90 Å². The minimum absolute atomic E-state index is 0.114. The van der Waals surface area contributed by atoms with E-state index in [4.69, 9.17) is 4.74 Å². The quantitative estimate of drug-likeness (QED) is 0.830. The van der Waals surface area contributed by atoms with Gasteiger partial charge in [-0.2, -0.15) is 0 Å². The van der Waals surface area contributed by atoms with Gasteiger partial charge in [0, 0.05) is 46.0 Å². The lowest BCUT2D eigenvalue weighted by molar-refractivity contribution is -0.142. The molecule has 120 valence electrons. The summed E-state index contributed by atoms with van der Waals surface area (Å²) in [4.78, 5) is 17.5. The van der Waals surface area contributed by atoms with Crippen LogP contribution in [0.15, 0.2) is 0 Å². The van der Waals surface area contributed by atoms with Crippen molar-refractivity contribution in [2.45, 2.75) is 32.6 Å². The fourth-order valence-electron chi connectivity index (χ4n) is 4.47. The fraction of sp³-hybridized carbons (Fsp3) is 0.938. The standard InChI is InChI=1S/C16H28N2O3/c1-2-17-6-8-18(9-7-17)14(20)16(3-10-19)13-15(16)4-11-21-12-5-15/h19H,2-13H2,1H3/t16-/m1/s1. The summed E-state index contributed by atoms with van der Waals surface area (Å²) in [6.07, 6.45) is 3.54. The number of aliphatic hydroxyl groups excluding tert-OH is 1. The molecule has 0 unspecified atom stereocenters. The first-order valence-corrected chi connectivity index (χ1v) is 8.38. The summed E-state index contributed by atoms with van der Waals surface area (Å²) in [5, 5.41) is 9.47. The summed E-state index contributed by atoms with van der Waals surface area (Å²) < 4.78 is 5.48. The molecule has 1 saturated carbocycles. The SMILES string of the molecule is CCN1CCN(C(=O)[C@@]2(CCO)CC23CCOCC3)CC1. The highest BCUT2D eigenvalue weighted by molar-refractivity contribution is 5.87. The molecule has 5 heteroatoms. The highest BCUT2D eigenvalue weighted by atomic mass is 16.5. The van der Waals surface area contributed by atoms with Gasteiger partial charge in [0.15, 0.2) is 0 Å². The maximum absolute atomic E-state index is 13.1. The van der Waals surface area contributed by atoms with Crippen LogP contribution in [0.1, 0.15) is 32.6 Å². The Labute approximate surface area is 127 Å². The molecule has 5 nitrogen and oxygen atoms in total. The molecular formula is C16H28N2O3. The van der Waals surface area contributed by atoms with Gasteiger partial charge in [0.05, 0.1) is 5.41 Å². The molecular weight excluding hydrogens is 268 g/mol. The predicted octanol–water partition coefficient (Wildman–Crippen LogP) is 0.720. The lowest BCUT2D eigenvalue weighted by Crippen LogP contribution is -2.51. The number of piperazine rings is 1. The van der Waals surface area contributed by atoms with Gasteiger partial charge in [-0.1, -0.05) is 6.92 Å². The smallest absolute Gasteiger partial charge is 0.229 e. The first kappa shape index (κ1) is 15.3. The Hall–Kier alpha value is -0.650. The molecule has 21 heavy (non-hydrogen) atoms. The van der Waals surface area contributed by atoms with E-state index in [1.54, 1.807) is 0 Å². The third-order valence-electron chi connectivity index (χ3n) is 6.03. The van der Waals surface area contributed by atoms with Crippen LogP contribution in [-0.4, -0.2) is 73.4 Å². The molecule has 0 radical (unpaired) electrons. The molecule has 1 spiro atoms. The Kier molecular flexibility index (Phi) is 4.26. The van der Waals surface area contributed by atoms with Crippen LogP contribution in [0.25, 0.3) is 0 Å². The van der Waals surface area contributed by atoms with Crippen LogP contribution in [0.4, 0.5) is 0 Å². The second kappa shape index (κ2) is 5.86. The average molecular weight is 296 g/mol. The summed E-state index contributed by atoms with van der Waals surface area (Å²) in [6.45, 7) is 8.52. The van der Waals surface area contributed by atoms with Crippen molar-refractivity contribution in [3.8, 4) is 0 Å². The van der Waals surface area contributed by atoms with Crippen molar-refractivity contribution in [3.63, 3.8) is 0 Å². The molecule has 1 atom stereocenters. The number of carbonyl (C=O) groups is 1. The van der Waals surface area contributed by atoms with Crippen molar-refractivity contribution < 1.29 is 14.6 Å². The number of aliphatic hydroxyl groups is 1. The highest BCUT2D eigenvalue weighted by Gasteiger charge is 2.71. The summed E-state index contributed by atoms with van der Waals surface area (Å²) in [5.41, 5.74) is -0.174. The van der Waals surface area contributed by atoms with Gasteiger partial charge in [-0.15, -0.1) is 0 Å². The van der Waals surface area contributed by atoms with Crippen LogP contribution in [-0.2, 0) is 9.53 Å². The van der Waals surface area contributed by atoms with Gasteiger partial charge in [0.2, 0.25) is 5.91 Å². The van der Waals surface area contributed by atoms with Crippen LogP contribution in [0.5, 0.6) is 0 Å². The first-order chi connectivity index (χ1) is 10.2. The highest BCUT2D eigenvalue weighted by Crippen LogP contribution is 2.71. The molecule has 0 bridgehead atoms. The summed E-state index contributed by atoms with van der Waals surface area (Å²) >= 11 is 0. The first-order valence-electron chi connectivity index (χ1n) is 8.38. The van der Waals surface area contributed by atoms with E-state index in [0.29, 0.717) is 12.3 Å². The zero-order valence-corrected chi connectivity index (χ0v) is 13.1. The van der Waals surface area contributed by atoms with Crippen LogP contribution in [0.3, 0.4) is 0 Å². The Morgan fingerprint density at radius 2 is 1.86 bits per heavy atom. The average Bonchev–Trinajstić information content (AvgIpc) is 3.14. The summed E-state index contributed by atoms with van der Waals surface area (Å²) in [5.74, 6) is 0.300. The third kappa shape index (κ3) is 2.49. The Bertz CT molecular complexity index is 387. The van der Waals surface area contributed by atoms with Gasteiger partial charge < -0.3 is 19.6 Å². The van der Waals surface area contributed by atoms with Crippen LogP contribution in [0, 0.1) is 10.8 Å². The van der Waals surface area contributed by atoms with Crippen molar-refractivity contribution in [2.24, 2.45) is 10.8 Å². The van der Waals surface area contributed by atoms with E-state index in [-0.39, 0.29) is 17.4 Å². The molecule has 3 aliphatic rings. The summed E-state index contributed by atoms with van der Waals surface area (Å²) in [7, 11) is 0. The summed E-state index contributed by atoms with van der Waals surface area (Å²) in [6, 6.07) is 0. The van der Waals surface area contributed by atoms with Gasteiger partial charge in [-0.3, -0.25) is 4.79 Å². The molecule has 1 amide bonds. The van der Waals surface area contributed by atoms with Crippen LogP contribution >= 0.6 is 0 Å². The number of hydrogen-bond donors (Lipinski definition) is 1. The number of rotatable bonds is 4. The molecule has 2 aliphatic heterocycles. The molecule has 0 aromatic carbocycles. The Morgan fingerprint density at radius 3 is 2.43 bits per heavy atom. The lowest BCUT2D eigenvalue weighted by Gasteiger charge is -2.38. The van der Waals surface area contributed by atoms with Gasteiger partial charge >= 0.3 is 0 Å². The Balaban J connectivity index is 1.69. The monoisotopic (exact) mass is 296 g/mol. The molecule has 3 fully saturated rings. The number of likely N-dealkylation sites (N-methyl/N-ethyl adjacent to an activating group) is 1. The normalized spacial score (nSPS) is 32.4. The topological polar surface area (TPSA) is 53.0 Å². The molecule has 3 rings (SSSR count). The Morgan fingerprint density at radius 1 is 1.19 bits per heavy atom.